The fraction of sp³-hybridized carbons (Fsp3) is 0.412. The van der Waals surface area contributed by atoms with Gasteiger partial charge >= 0.3 is 5.97 Å². The zero-order valence-corrected chi connectivity index (χ0v) is 13.6. The van der Waals surface area contributed by atoms with Crippen LogP contribution in [0.5, 0.6) is 0 Å². The molecule has 0 heterocycles. The minimum Gasteiger partial charge on any atom is -0.481 e. The number of nitrogens with one attached hydrogen (secondary N) is 1. The number of fused-ring (bicyclic) bond motifs is 1. The SMILES string of the molecule is O=C(O)[C@@H]1[C@H]2C=C[C@@H]([C@@H]3C[C@H]23)[C@H]1C(=O)Nc1cccc(Cl)c1Cl. The van der Waals surface area contributed by atoms with Crippen molar-refractivity contribution in [3.8, 4) is 0 Å². The predicted molar refractivity (Wildman–Crippen MR) is 87.4 cm³/mol. The Balaban J connectivity index is 1.63. The first-order chi connectivity index (χ1) is 11.0. The lowest BCUT2D eigenvalue weighted by Crippen LogP contribution is -2.48. The van der Waals surface area contributed by atoms with E-state index >= 15 is 0 Å². The van der Waals surface area contributed by atoms with Gasteiger partial charge in [0.1, 0.15) is 0 Å². The van der Waals surface area contributed by atoms with Gasteiger partial charge in [-0.15, -0.1) is 0 Å². The van der Waals surface area contributed by atoms with Gasteiger partial charge in [0.25, 0.3) is 0 Å². The van der Waals surface area contributed by atoms with Crippen LogP contribution in [0, 0.1) is 35.5 Å². The molecule has 6 atom stereocenters. The van der Waals surface area contributed by atoms with Crippen LogP contribution in [0.15, 0.2) is 30.4 Å². The predicted octanol–water partition coefficient (Wildman–Crippen LogP) is 3.70. The van der Waals surface area contributed by atoms with Gasteiger partial charge in [0, 0.05) is 0 Å². The average Bonchev–Trinajstić information content (AvgIpc) is 3.33. The van der Waals surface area contributed by atoms with Crippen molar-refractivity contribution in [2.75, 3.05) is 5.32 Å². The number of allylic oxidation sites excluding steroid dienone is 2. The maximum atomic E-state index is 12.8. The molecule has 0 unspecified atom stereocenters. The van der Waals surface area contributed by atoms with Crippen LogP contribution in [0.4, 0.5) is 5.69 Å². The van der Waals surface area contributed by atoms with Crippen molar-refractivity contribution in [1.82, 2.24) is 0 Å². The van der Waals surface area contributed by atoms with E-state index in [4.69, 9.17) is 23.2 Å². The highest BCUT2D eigenvalue weighted by Crippen LogP contribution is 2.63. The third-order valence-corrected chi connectivity index (χ3v) is 6.27. The summed E-state index contributed by atoms with van der Waals surface area (Å²) in [6, 6.07) is 5.00. The first-order valence-electron chi connectivity index (χ1n) is 7.65. The lowest BCUT2D eigenvalue weighted by molar-refractivity contribution is -0.152. The second-order valence-electron chi connectivity index (χ2n) is 6.58. The molecule has 1 aromatic carbocycles. The highest BCUT2D eigenvalue weighted by Gasteiger charge is 2.62. The minimum atomic E-state index is -0.896. The molecule has 0 radical (unpaired) electrons. The van der Waals surface area contributed by atoms with Crippen molar-refractivity contribution in [3.63, 3.8) is 0 Å². The Hall–Kier alpha value is -1.52. The smallest absolute Gasteiger partial charge is 0.307 e. The molecule has 1 amide bonds. The van der Waals surface area contributed by atoms with Crippen molar-refractivity contribution in [2.24, 2.45) is 35.5 Å². The highest BCUT2D eigenvalue weighted by molar-refractivity contribution is 6.44. The van der Waals surface area contributed by atoms with Crippen LogP contribution in [-0.2, 0) is 9.59 Å². The van der Waals surface area contributed by atoms with E-state index in [1.165, 1.54) is 0 Å². The summed E-state index contributed by atoms with van der Waals surface area (Å²) in [5.41, 5.74) is 0.422. The summed E-state index contributed by atoms with van der Waals surface area (Å²) in [7, 11) is 0. The number of anilines is 1. The van der Waals surface area contributed by atoms with Crippen molar-refractivity contribution >= 4 is 40.8 Å². The molecule has 23 heavy (non-hydrogen) atoms. The maximum Gasteiger partial charge on any atom is 0.307 e. The van der Waals surface area contributed by atoms with Gasteiger partial charge in [-0.3, -0.25) is 9.59 Å². The van der Waals surface area contributed by atoms with Gasteiger partial charge in [-0.25, -0.2) is 0 Å². The zero-order chi connectivity index (χ0) is 16.3. The topological polar surface area (TPSA) is 66.4 Å². The molecule has 0 saturated heterocycles. The number of carbonyl (C=O) groups excluding carboxylic acids is 1. The number of aliphatic carboxylic acids is 1. The molecule has 2 bridgehead atoms. The van der Waals surface area contributed by atoms with E-state index in [0.717, 1.165) is 6.42 Å². The molecule has 1 aromatic rings. The Bertz CT molecular complexity index is 733. The molecule has 2 fully saturated rings. The fourth-order valence-corrected chi connectivity index (χ4v) is 4.73. The Morgan fingerprint density at radius 2 is 1.74 bits per heavy atom. The molecule has 6 heteroatoms. The maximum absolute atomic E-state index is 12.8. The van der Waals surface area contributed by atoms with Crippen LogP contribution in [0.25, 0.3) is 0 Å². The van der Waals surface area contributed by atoms with Gasteiger partial charge in [-0.2, -0.15) is 0 Å². The molecule has 4 aliphatic carbocycles. The molecule has 5 rings (SSSR count). The first kappa shape index (κ1) is 15.0. The molecule has 0 aliphatic heterocycles. The van der Waals surface area contributed by atoms with E-state index in [1.807, 2.05) is 12.2 Å². The van der Waals surface area contributed by atoms with E-state index < -0.39 is 17.8 Å². The number of halogens is 2. The number of hydrogen-bond acceptors (Lipinski definition) is 2. The van der Waals surface area contributed by atoms with Crippen molar-refractivity contribution < 1.29 is 14.7 Å². The molecule has 4 nitrogen and oxygen atoms in total. The second kappa shape index (κ2) is 5.25. The summed E-state index contributed by atoms with van der Waals surface area (Å²) in [6.45, 7) is 0. The monoisotopic (exact) mass is 351 g/mol. The summed E-state index contributed by atoms with van der Waals surface area (Å²) in [6.07, 6.45) is 5.05. The summed E-state index contributed by atoms with van der Waals surface area (Å²) in [5, 5.41) is 13.0. The highest BCUT2D eigenvalue weighted by atomic mass is 35.5. The summed E-state index contributed by atoms with van der Waals surface area (Å²) in [5.74, 6) is -1.54. The first-order valence-corrected chi connectivity index (χ1v) is 8.40. The van der Waals surface area contributed by atoms with Crippen molar-refractivity contribution in [2.45, 2.75) is 6.42 Å². The molecule has 2 N–H and O–H groups in total. The van der Waals surface area contributed by atoms with E-state index in [0.29, 0.717) is 22.5 Å². The molecular formula is C17H15Cl2NO3. The minimum absolute atomic E-state index is 0.00376. The Morgan fingerprint density at radius 1 is 1.09 bits per heavy atom. The second-order valence-corrected chi connectivity index (χ2v) is 7.37. The molecular weight excluding hydrogens is 337 g/mol. The average molecular weight is 352 g/mol. The van der Waals surface area contributed by atoms with E-state index in [-0.39, 0.29) is 22.8 Å². The standard InChI is InChI=1S/C17H15Cl2NO3/c18-11-2-1-3-12(15(11)19)20-16(21)13-7-4-5-8(10-6-9(7)10)14(13)17(22)23/h1-5,7-10,13-14H,6H2,(H,20,21)(H,22,23)/t7-,8-,9-,10+,13+,14+/m0/s1. The third kappa shape index (κ3) is 2.27. The van der Waals surface area contributed by atoms with Crippen LogP contribution in [-0.4, -0.2) is 17.0 Å². The van der Waals surface area contributed by atoms with Crippen LogP contribution < -0.4 is 5.32 Å². The third-order valence-electron chi connectivity index (χ3n) is 5.45. The number of carboxylic acids is 1. The summed E-state index contributed by atoms with van der Waals surface area (Å²) < 4.78 is 0. The van der Waals surface area contributed by atoms with Gasteiger partial charge in [-0.05, 0) is 42.2 Å². The Labute approximate surface area is 143 Å². The summed E-state index contributed by atoms with van der Waals surface area (Å²) >= 11 is 12.1. The van der Waals surface area contributed by atoms with Crippen LogP contribution in [0.2, 0.25) is 10.0 Å². The number of amides is 1. The lowest BCUT2D eigenvalue weighted by Gasteiger charge is -2.41. The van der Waals surface area contributed by atoms with Gasteiger partial charge < -0.3 is 10.4 Å². The summed E-state index contributed by atoms with van der Waals surface area (Å²) in [4.78, 5) is 24.5. The van der Waals surface area contributed by atoms with Gasteiger partial charge in [-0.1, -0.05) is 41.4 Å². The van der Waals surface area contributed by atoms with Crippen molar-refractivity contribution in [3.05, 3.63) is 40.4 Å². The van der Waals surface area contributed by atoms with E-state index in [1.54, 1.807) is 18.2 Å². The molecule has 0 aromatic heterocycles. The Kier molecular flexibility index (Phi) is 3.43. The lowest BCUT2D eigenvalue weighted by atomic mass is 9.62. The molecule has 0 spiro atoms. The number of rotatable bonds is 3. The van der Waals surface area contributed by atoms with Gasteiger partial charge in [0.2, 0.25) is 5.91 Å². The number of benzene rings is 1. The molecule has 2 saturated carbocycles. The molecule has 120 valence electrons. The molecule has 4 aliphatic rings. The van der Waals surface area contributed by atoms with Gasteiger partial charge in [0.05, 0.1) is 27.6 Å². The number of carboxylic acid groups (broad SMARTS) is 1. The zero-order valence-electron chi connectivity index (χ0n) is 12.1. The Morgan fingerprint density at radius 3 is 2.39 bits per heavy atom. The van der Waals surface area contributed by atoms with Crippen LogP contribution >= 0.6 is 23.2 Å². The quantitative estimate of drug-likeness (QED) is 0.816. The van der Waals surface area contributed by atoms with E-state index in [9.17, 15) is 14.7 Å². The largest absolute Gasteiger partial charge is 0.481 e. The van der Waals surface area contributed by atoms with Crippen LogP contribution in [0.3, 0.4) is 0 Å². The van der Waals surface area contributed by atoms with Gasteiger partial charge in [0.15, 0.2) is 0 Å². The van der Waals surface area contributed by atoms with Crippen LogP contribution in [0.1, 0.15) is 6.42 Å². The number of carbonyl (C=O) groups is 2. The van der Waals surface area contributed by atoms with E-state index in [2.05, 4.69) is 5.32 Å². The van der Waals surface area contributed by atoms with Crippen molar-refractivity contribution in [1.29, 1.82) is 0 Å². The fourth-order valence-electron chi connectivity index (χ4n) is 4.39. The number of hydrogen-bond donors (Lipinski definition) is 2. The normalized spacial score (nSPS) is 36.4.